The first-order chi connectivity index (χ1) is 8.65. The van der Waals surface area contributed by atoms with Crippen LogP contribution in [0.1, 0.15) is 19.7 Å². The molecule has 0 spiro atoms. The summed E-state index contributed by atoms with van der Waals surface area (Å²) in [6.07, 6.45) is 4.83. The summed E-state index contributed by atoms with van der Waals surface area (Å²) in [6, 6.07) is 0. The number of aryl methyl sites for hydroxylation is 1. The Morgan fingerprint density at radius 2 is 2.22 bits per heavy atom. The van der Waals surface area contributed by atoms with Gasteiger partial charge in [0, 0.05) is 7.05 Å². The van der Waals surface area contributed by atoms with E-state index in [-0.39, 0.29) is 6.10 Å². The summed E-state index contributed by atoms with van der Waals surface area (Å²) in [5.74, 6) is 1.98. The second-order valence-electron chi connectivity index (χ2n) is 4.06. The molecule has 0 aliphatic carbocycles. The maximum Gasteiger partial charge on any atom is 0.234 e. The first-order valence-electron chi connectivity index (χ1n) is 5.70. The van der Waals surface area contributed by atoms with Crippen molar-refractivity contribution in [1.29, 1.82) is 0 Å². The summed E-state index contributed by atoms with van der Waals surface area (Å²) in [7, 11) is 1.84. The lowest BCUT2D eigenvalue weighted by Gasteiger charge is -2.09. The number of hydrogen-bond acceptors (Lipinski definition) is 6. The molecule has 0 aliphatic heterocycles. The first-order valence-corrected chi connectivity index (χ1v) is 5.70. The fraction of sp³-hybridized carbons (Fsp3) is 0.455. The van der Waals surface area contributed by atoms with Crippen molar-refractivity contribution in [3.63, 3.8) is 0 Å². The molecule has 2 aromatic heterocycles. The highest BCUT2D eigenvalue weighted by molar-refractivity contribution is 5.33. The average molecular weight is 248 g/mol. The van der Waals surface area contributed by atoms with Crippen LogP contribution < -0.4 is 10.1 Å². The Morgan fingerprint density at radius 1 is 1.39 bits per heavy atom. The fourth-order valence-corrected chi connectivity index (χ4v) is 1.38. The summed E-state index contributed by atoms with van der Waals surface area (Å²) < 4.78 is 7.17. The molecule has 2 rings (SSSR count). The van der Waals surface area contributed by atoms with Crippen molar-refractivity contribution in [2.45, 2.75) is 26.5 Å². The predicted octanol–water partition coefficient (Wildman–Crippen LogP) is 1.00. The van der Waals surface area contributed by atoms with Crippen LogP contribution in [0.4, 0.5) is 5.82 Å². The Morgan fingerprint density at radius 3 is 2.89 bits per heavy atom. The van der Waals surface area contributed by atoms with E-state index in [4.69, 9.17) is 4.74 Å². The molecular weight excluding hydrogens is 232 g/mol. The lowest BCUT2D eigenvalue weighted by atomic mass is 10.5. The smallest absolute Gasteiger partial charge is 0.234 e. The van der Waals surface area contributed by atoms with Crippen LogP contribution in [0, 0.1) is 0 Å². The number of anilines is 1. The molecule has 0 saturated carbocycles. The zero-order valence-corrected chi connectivity index (χ0v) is 10.7. The van der Waals surface area contributed by atoms with E-state index in [2.05, 4.69) is 25.4 Å². The monoisotopic (exact) mass is 248 g/mol. The Hall–Kier alpha value is -2.18. The van der Waals surface area contributed by atoms with Crippen LogP contribution in [0.25, 0.3) is 0 Å². The molecule has 96 valence electrons. The molecule has 7 heteroatoms. The number of nitrogens with one attached hydrogen (secondary N) is 1. The third-order valence-corrected chi connectivity index (χ3v) is 2.20. The average Bonchev–Trinajstić information content (AvgIpc) is 2.72. The van der Waals surface area contributed by atoms with Crippen LogP contribution in [0.3, 0.4) is 0 Å². The lowest BCUT2D eigenvalue weighted by Crippen LogP contribution is -2.10. The minimum absolute atomic E-state index is 0.0771. The molecule has 0 aromatic carbocycles. The van der Waals surface area contributed by atoms with Gasteiger partial charge in [0.1, 0.15) is 18.0 Å². The van der Waals surface area contributed by atoms with Crippen molar-refractivity contribution >= 4 is 5.82 Å². The van der Waals surface area contributed by atoms with E-state index in [1.165, 1.54) is 6.33 Å². The largest absolute Gasteiger partial charge is 0.474 e. The van der Waals surface area contributed by atoms with E-state index >= 15 is 0 Å². The number of rotatable bonds is 5. The van der Waals surface area contributed by atoms with Crippen LogP contribution >= 0.6 is 0 Å². The standard InChI is InChI=1S/C11H16N6O/c1-8(2)18-11-6-12-4-9(16-11)13-5-10-14-7-15-17(10)3/h4,6-8H,5H2,1-3H3,(H,13,16). The zero-order chi connectivity index (χ0) is 13.0. The van der Waals surface area contributed by atoms with Gasteiger partial charge in [-0.05, 0) is 13.8 Å². The summed E-state index contributed by atoms with van der Waals surface area (Å²) in [4.78, 5) is 12.5. The molecular formula is C11H16N6O. The molecule has 0 bridgehead atoms. The Bertz CT molecular complexity index is 510. The molecule has 0 aliphatic rings. The van der Waals surface area contributed by atoms with Crippen LogP contribution in [0.2, 0.25) is 0 Å². The highest BCUT2D eigenvalue weighted by Crippen LogP contribution is 2.11. The maximum atomic E-state index is 5.47. The SMILES string of the molecule is CC(C)Oc1cncc(NCc2ncnn2C)n1. The molecule has 0 saturated heterocycles. The van der Waals surface area contributed by atoms with Gasteiger partial charge in [0.05, 0.1) is 25.0 Å². The van der Waals surface area contributed by atoms with Gasteiger partial charge in [-0.2, -0.15) is 10.1 Å². The molecule has 2 heterocycles. The second-order valence-corrected chi connectivity index (χ2v) is 4.06. The van der Waals surface area contributed by atoms with Gasteiger partial charge in [0.25, 0.3) is 0 Å². The van der Waals surface area contributed by atoms with Gasteiger partial charge < -0.3 is 10.1 Å². The van der Waals surface area contributed by atoms with Crippen molar-refractivity contribution in [2.24, 2.45) is 7.05 Å². The van der Waals surface area contributed by atoms with Gasteiger partial charge in [-0.15, -0.1) is 0 Å². The number of ether oxygens (including phenoxy) is 1. The Kier molecular flexibility index (Phi) is 3.71. The van der Waals surface area contributed by atoms with E-state index < -0.39 is 0 Å². The van der Waals surface area contributed by atoms with E-state index in [1.807, 2.05) is 20.9 Å². The number of aromatic nitrogens is 5. The van der Waals surface area contributed by atoms with Gasteiger partial charge in [-0.3, -0.25) is 9.67 Å². The highest BCUT2D eigenvalue weighted by atomic mass is 16.5. The van der Waals surface area contributed by atoms with E-state index in [0.717, 1.165) is 5.82 Å². The van der Waals surface area contributed by atoms with Gasteiger partial charge >= 0.3 is 0 Å². The summed E-state index contributed by atoms with van der Waals surface area (Å²) in [6.45, 7) is 4.43. The molecule has 7 nitrogen and oxygen atoms in total. The van der Waals surface area contributed by atoms with E-state index in [1.54, 1.807) is 17.1 Å². The van der Waals surface area contributed by atoms with Crippen LogP contribution in [0.5, 0.6) is 5.88 Å². The van der Waals surface area contributed by atoms with Crippen LogP contribution in [-0.2, 0) is 13.6 Å². The maximum absolute atomic E-state index is 5.47. The summed E-state index contributed by atoms with van der Waals surface area (Å²) in [5, 5.41) is 7.12. The van der Waals surface area contributed by atoms with Crippen LogP contribution in [0.15, 0.2) is 18.7 Å². The number of hydrogen-bond donors (Lipinski definition) is 1. The van der Waals surface area contributed by atoms with Gasteiger partial charge in [-0.25, -0.2) is 4.98 Å². The van der Waals surface area contributed by atoms with Gasteiger partial charge in [0.2, 0.25) is 5.88 Å². The Balaban J connectivity index is 1.99. The molecule has 0 radical (unpaired) electrons. The third kappa shape index (κ3) is 3.16. The van der Waals surface area contributed by atoms with Crippen molar-refractivity contribution in [3.05, 3.63) is 24.5 Å². The quantitative estimate of drug-likeness (QED) is 0.850. The van der Waals surface area contributed by atoms with Crippen molar-refractivity contribution in [1.82, 2.24) is 24.7 Å². The van der Waals surface area contributed by atoms with Crippen molar-refractivity contribution in [2.75, 3.05) is 5.32 Å². The number of nitrogens with zero attached hydrogens (tertiary/aromatic N) is 5. The summed E-state index contributed by atoms with van der Waals surface area (Å²) >= 11 is 0. The molecule has 0 unspecified atom stereocenters. The normalized spacial score (nSPS) is 10.7. The predicted molar refractivity (Wildman–Crippen MR) is 66.1 cm³/mol. The van der Waals surface area contributed by atoms with Crippen molar-refractivity contribution in [3.8, 4) is 5.88 Å². The second kappa shape index (κ2) is 5.44. The van der Waals surface area contributed by atoms with E-state index in [9.17, 15) is 0 Å². The zero-order valence-electron chi connectivity index (χ0n) is 10.7. The molecule has 18 heavy (non-hydrogen) atoms. The fourth-order valence-electron chi connectivity index (χ4n) is 1.38. The molecule has 2 aromatic rings. The van der Waals surface area contributed by atoms with Gasteiger partial charge in [0.15, 0.2) is 0 Å². The molecule has 0 atom stereocenters. The van der Waals surface area contributed by atoms with Gasteiger partial charge in [-0.1, -0.05) is 0 Å². The van der Waals surface area contributed by atoms with Crippen molar-refractivity contribution < 1.29 is 4.74 Å². The van der Waals surface area contributed by atoms with E-state index in [0.29, 0.717) is 18.2 Å². The highest BCUT2D eigenvalue weighted by Gasteiger charge is 2.04. The molecule has 1 N–H and O–H groups in total. The summed E-state index contributed by atoms with van der Waals surface area (Å²) in [5.41, 5.74) is 0. The molecule has 0 fully saturated rings. The third-order valence-electron chi connectivity index (χ3n) is 2.20. The molecule has 0 amide bonds. The first kappa shape index (κ1) is 12.3. The topological polar surface area (TPSA) is 77.8 Å². The minimum Gasteiger partial charge on any atom is -0.474 e. The lowest BCUT2D eigenvalue weighted by molar-refractivity contribution is 0.232. The Labute approximate surface area is 105 Å². The van der Waals surface area contributed by atoms with Crippen LogP contribution in [-0.4, -0.2) is 30.8 Å². The minimum atomic E-state index is 0.0771.